The van der Waals surface area contributed by atoms with Crippen LogP contribution >= 0.6 is 24.0 Å². The summed E-state index contributed by atoms with van der Waals surface area (Å²) in [6, 6.07) is 9.38. The Hall–Kier alpha value is -3.48. The molecule has 7 nitrogen and oxygen atoms in total. The van der Waals surface area contributed by atoms with E-state index in [4.69, 9.17) is 12.2 Å². The van der Waals surface area contributed by atoms with Crippen LogP contribution in [0.5, 0.6) is 5.88 Å². The summed E-state index contributed by atoms with van der Waals surface area (Å²) in [6.45, 7) is 6.38. The lowest BCUT2D eigenvalue weighted by Crippen LogP contribution is -2.35. The Labute approximate surface area is 194 Å². The lowest BCUT2D eigenvalue weighted by atomic mass is 10.0. The second kappa shape index (κ2) is 9.34. The number of hydrogen-bond acceptors (Lipinski definition) is 7. The molecule has 1 aliphatic heterocycles. The normalized spacial score (nSPS) is 14.7. The van der Waals surface area contributed by atoms with Gasteiger partial charge in [-0.05, 0) is 31.1 Å². The van der Waals surface area contributed by atoms with Gasteiger partial charge >= 0.3 is 0 Å². The van der Waals surface area contributed by atoms with Gasteiger partial charge in [0.15, 0.2) is 5.78 Å². The number of thioether (sulfide) groups is 1. The Balaban J connectivity index is 1.94. The molecular formula is C23H19N3O4S2. The van der Waals surface area contributed by atoms with Crippen LogP contribution in [0.4, 0.5) is 0 Å². The molecule has 2 aromatic rings. The average Bonchev–Trinajstić information content (AvgIpc) is 3.00. The van der Waals surface area contributed by atoms with Gasteiger partial charge in [0.2, 0.25) is 5.88 Å². The molecule has 1 N–H and O–H groups in total. The zero-order valence-electron chi connectivity index (χ0n) is 17.4. The van der Waals surface area contributed by atoms with Crippen LogP contribution in [-0.2, 0) is 11.3 Å². The molecular weight excluding hydrogens is 446 g/mol. The van der Waals surface area contributed by atoms with E-state index in [1.165, 1.54) is 13.0 Å². The van der Waals surface area contributed by atoms with Crippen molar-refractivity contribution in [1.82, 2.24) is 9.47 Å². The number of amides is 1. The molecule has 162 valence electrons. The van der Waals surface area contributed by atoms with Gasteiger partial charge < -0.3 is 5.11 Å². The van der Waals surface area contributed by atoms with E-state index in [9.17, 15) is 24.8 Å². The Kier molecular flexibility index (Phi) is 6.77. The molecule has 0 aliphatic carbocycles. The van der Waals surface area contributed by atoms with Crippen molar-refractivity contribution in [1.29, 1.82) is 5.26 Å². The number of pyridine rings is 1. The predicted octanol–water partition coefficient (Wildman–Crippen LogP) is 3.31. The summed E-state index contributed by atoms with van der Waals surface area (Å²) < 4.78 is 1.10. The summed E-state index contributed by atoms with van der Waals surface area (Å²) in [5, 5.41) is 20.0. The van der Waals surface area contributed by atoms with E-state index in [0.29, 0.717) is 4.91 Å². The van der Waals surface area contributed by atoms with Crippen LogP contribution in [0.15, 0.2) is 46.6 Å². The van der Waals surface area contributed by atoms with Gasteiger partial charge in [-0.2, -0.15) is 5.26 Å². The van der Waals surface area contributed by atoms with Gasteiger partial charge in [-0.25, -0.2) is 0 Å². The van der Waals surface area contributed by atoms with Crippen molar-refractivity contribution in [2.75, 3.05) is 6.54 Å². The highest BCUT2D eigenvalue weighted by atomic mass is 32.2. The highest BCUT2D eigenvalue weighted by molar-refractivity contribution is 8.26. The van der Waals surface area contributed by atoms with Crippen LogP contribution in [0, 0.1) is 25.2 Å². The fourth-order valence-corrected chi connectivity index (χ4v) is 4.51. The van der Waals surface area contributed by atoms with Crippen molar-refractivity contribution in [3.63, 3.8) is 0 Å². The Morgan fingerprint density at radius 3 is 2.53 bits per heavy atom. The third kappa shape index (κ3) is 4.28. The lowest BCUT2D eigenvalue weighted by Gasteiger charge is -2.17. The third-order valence-electron chi connectivity index (χ3n) is 4.94. The van der Waals surface area contributed by atoms with E-state index in [2.05, 4.69) is 6.58 Å². The summed E-state index contributed by atoms with van der Waals surface area (Å²) in [7, 11) is 0. The minimum Gasteiger partial charge on any atom is -0.494 e. The van der Waals surface area contributed by atoms with Crippen molar-refractivity contribution < 1.29 is 14.7 Å². The van der Waals surface area contributed by atoms with Crippen molar-refractivity contribution in [2.45, 2.75) is 20.4 Å². The summed E-state index contributed by atoms with van der Waals surface area (Å²) in [5.74, 6) is -1.63. The number of ketones is 1. The molecule has 32 heavy (non-hydrogen) atoms. The minimum absolute atomic E-state index is 0.0564. The van der Waals surface area contributed by atoms with Crippen LogP contribution in [0.1, 0.15) is 32.6 Å². The van der Waals surface area contributed by atoms with E-state index >= 15 is 0 Å². The average molecular weight is 466 g/mol. The maximum absolute atomic E-state index is 13.1. The molecule has 1 saturated heterocycles. The second-order valence-electron chi connectivity index (χ2n) is 7.12. The summed E-state index contributed by atoms with van der Waals surface area (Å²) >= 11 is 6.38. The van der Waals surface area contributed by atoms with Crippen molar-refractivity contribution in [3.8, 4) is 11.9 Å². The zero-order valence-corrected chi connectivity index (χ0v) is 19.0. The topological polar surface area (TPSA) is 103 Å². The first-order chi connectivity index (χ1) is 15.2. The monoisotopic (exact) mass is 465 g/mol. The second-order valence-corrected chi connectivity index (χ2v) is 8.79. The molecule has 1 aromatic heterocycles. The first-order valence-electron chi connectivity index (χ1n) is 9.52. The quantitative estimate of drug-likeness (QED) is 0.302. The number of rotatable bonds is 6. The van der Waals surface area contributed by atoms with E-state index in [-0.39, 0.29) is 27.6 Å². The first-order valence-corrected chi connectivity index (χ1v) is 10.7. The number of hydrogen-bond donors (Lipinski definition) is 1. The van der Waals surface area contributed by atoms with Crippen LogP contribution in [-0.4, -0.2) is 37.1 Å². The van der Waals surface area contributed by atoms with Gasteiger partial charge in [0.05, 0.1) is 17.0 Å². The van der Waals surface area contributed by atoms with E-state index in [1.54, 1.807) is 12.1 Å². The molecule has 1 fully saturated rings. The molecule has 2 heterocycles. The summed E-state index contributed by atoms with van der Waals surface area (Å²) in [5.41, 5.74) is 0.805. The molecule has 0 atom stereocenters. The van der Waals surface area contributed by atoms with Crippen molar-refractivity contribution >= 4 is 46.1 Å². The number of carbonyl (C=O) groups is 2. The summed E-state index contributed by atoms with van der Waals surface area (Å²) in [6.07, 6.45) is 3.06. The Morgan fingerprint density at radius 1 is 1.28 bits per heavy atom. The first kappa shape index (κ1) is 23.2. The number of carbonyl (C=O) groups excluding carboxylic acids is 2. The molecule has 1 amide bonds. The van der Waals surface area contributed by atoms with E-state index in [1.807, 2.05) is 31.2 Å². The van der Waals surface area contributed by atoms with Gasteiger partial charge in [0.25, 0.3) is 11.5 Å². The molecule has 0 spiro atoms. The maximum atomic E-state index is 13.1. The highest BCUT2D eigenvalue weighted by Gasteiger charge is 2.35. The van der Waals surface area contributed by atoms with E-state index < -0.39 is 29.7 Å². The van der Waals surface area contributed by atoms with E-state index in [0.717, 1.165) is 32.4 Å². The van der Waals surface area contributed by atoms with Gasteiger partial charge in [0.1, 0.15) is 16.0 Å². The smallest absolute Gasteiger partial charge is 0.271 e. The van der Waals surface area contributed by atoms with Crippen LogP contribution in [0.25, 0.3) is 6.08 Å². The molecule has 0 unspecified atom stereocenters. The number of aryl methyl sites for hydroxylation is 1. The largest absolute Gasteiger partial charge is 0.494 e. The fraction of sp³-hybridized carbons (Fsp3) is 0.174. The number of nitrogens with zero attached hydrogens (tertiary/aromatic N) is 3. The molecule has 1 aliphatic rings. The summed E-state index contributed by atoms with van der Waals surface area (Å²) in [4.78, 5) is 39.9. The number of Topliss-reactive ketones (excluding diaryl/α,β-unsaturated/α-hetero) is 1. The SMILES string of the molecule is C=CCn1c(O)c(C(=O)CN2C(=O)/C(=C/c3ccc(C)cc3)SC2=S)c(C)c(C#N)c1=O. The lowest BCUT2D eigenvalue weighted by molar-refractivity contribution is -0.121. The van der Waals surface area contributed by atoms with Crippen molar-refractivity contribution in [2.24, 2.45) is 0 Å². The molecule has 0 saturated carbocycles. The fourth-order valence-electron chi connectivity index (χ4n) is 3.26. The number of aromatic nitrogens is 1. The van der Waals surface area contributed by atoms with Crippen LogP contribution in [0.3, 0.4) is 0 Å². The van der Waals surface area contributed by atoms with Gasteiger partial charge in [-0.15, -0.1) is 6.58 Å². The third-order valence-corrected chi connectivity index (χ3v) is 6.32. The van der Waals surface area contributed by atoms with Gasteiger partial charge in [0, 0.05) is 6.54 Å². The standard InChI is InChI=1S/C23H19N3O4S2/c1-4-9-25-20(28)16(11-24)14(3)19(22(25)30)17(27)12-26-21(29)18(32-23(26)31)10-15-7-5-13(2)6-8-15/h4-8,10,30H,1,9,12H2,2-3H3/b18-10-. The molecule has 1 aromatic carbocycles. The maximum Gasteiger partial charge on any atom is 0.271 e. The number of thiocarbonyl (C=S) groups is 1. The number of aromatic hydroxyl groups is 1. The van der Waals surface area contributed by atoms with Gasteiger partial charge in [-0.1, -0.05) is 59.9 Å². The Morgan fingerprint density at radius 2 is 1.94 bits per heavy atom. The number of benzene rings is 1. The number of allylic oxidation sites excluding steroid dienone is 1. The zero-order chi connectivity index (χ0) is 23.6. The molecule has 9 heteroatoms. The molecule has 0 radical (unpaired) electrons. The minimum atomic E-state index is -0.717. The number of nitriles is 1. The van der Waals surface area contributed by atoms with Crippen LogP contribution in [0.2, 0.25) is 0 Å². The Bertz CT molecular complexity index is 1280. The molecule has 3 rings (SSSR count). The van der Waals surface area contributed by atoms with Crippen molar-refractivity contribution in [3.05, 3.63) is 80.0 Å². The van der Waals surface area contributed by atoms with Gasteiger partial charge in [-0.3, -0.25) is 23.9 Å². The molecule has 0 bridgehead atoms. The van der Waals surface area contributed by atoms with Crippen LogP contribution < -0.4 is 5.56 Å². The predicted molar refractivity (Wildman–Crippen MR) is 127 cm³/mol. The highest BCUT2D eigenvalue weighted by Crippen LogP contribution is 2.33.